The number of hydrogen-bond acceptors (Lipinski definition) is 3. The summed E-state index contributed by atoms with van der Waals surface area (Å²) in [5.41, 5.74) is 1.47. The fourth-order valence-corrected chi connectivity index (χ4v) is 1.60. The summed E-state index contributed by atoms with van der Waals surface area (Å²) in [6.45, 7) is 5.05. The van der Waals surface area contributed by atoms with Crippen molar-refractivity contribution in [1.29, 1.82) is 0 Å². The van der Waals surface area contributed by atoms with Crippen LogP contribution in [0.3, 0.4) is 0 Å². The molecule has 0 bridgehead atoms. The molecule has 0 aliphatic heterocycles. The Hall–Kier alpha value is -2.63. The fraction of sp³-hybridized carbons (Fsp3) is 0.267. The molecule has 6 heteroatoms. The second kappa shape index (κ2) is 7.84. The van der Waals surface area contributed by atoms with Crippen molar-refractivity contribution in [2.75, 3.05) is 6.54 Å². The van der Waals surface area contributed by atoms with E-state index in [1.807, 2.05) is 6.92 Å². The first-order valence-corrected chi connectivity index (χ1v) is 6.42. The average molecular weight is 290 g/mol. The molecule has 21 heavy (non-hydrogen) atoms. The number of carbonyl (C=O) groups excluding carboxylic acids is 2. The molecule has 1 rings (SSSR count). The first kappa shape index (κ1) is 16.4. The number of benzene rings is 1. The molecule has 0 aliphatic carbocycles. The van der Waals surface area contributed by atoms with Crippen molar-refractivity contribution >= 4 is 17.8 Å². The molecule has 1 unspecified atom stereocenters. The lowest BCUT2D eigenvalue weighted by atomic mass is 10.1. The molecule has 0 fully saturated rings. The van der Waals surface area contributed by atoms with Crippen LogP contribution in [0.4, 0.5) is 0 Å². The molecular formula is C15H18N2O4. The highest BCUT2D eigenvalue weighted by Crippen LogP contribution is 2.02. The van der Waals surface area contributed by atoms with Gasteiger partial charge in [-0.2, -0.15) is 0 Å². The van der Waals surface area contributed by atoms with Crippen LogP contribution >= 0.6 is 0 Å². The minimum atomic E-state index is -1.15. The van der Waals surface area contributed by atoms with Gasteiger partial charge in [0.1, 0.15) is 6.04 Å². The summed E-state index contributed by atoms with van der Waals surface area (Å²) in [4.78, 5) is 34.2. The van der Waals surface area contributed by atoms with Crippen LogP contribution in [-0.4, -0.2) is 35.5 Å². The van der Waals surface area contributed by atoms with Gasteiger partial charge in [-0.3, -0.25) is 9.59 Å². The van der Waals surface area contributed by atoms with E-state index >= 15 is 0 Å². The number of carboxylic acids is 1. The van der Waals surface area contributed by atoms with E-state index in [0.717, 1.165) is 5.56 Å². The maximum Gasteiger partial charge on any atom is 0.326 e. The van der Waals surface area contributed by atoms with E-state index in [0.29, 0.717) is 5.56 Å². The normalized spacial score (nSPS) is 11.3. The zero-order valence-corrected chi connectivity index (χ0v) is 11.8. The molecule has 0 aliphatic rings. The third-order valence-electron chi connectivity index (χ3n) is 2.76. The maximum absolute atomic E-state index is 11.8. The number of hydrogen-bond donors (Lipinski definition) is 3. The van der Waals surface area contributed by atoms with Gasteiger partial charge < -0.3 is 15.7 Å². The van der Waals surface area contributed by atoms with Gasteiger partial charge in [0.2, 0.25) is 5.91 Å². The van der Waals surface area contributed by atoms with Crippen molar-refractivity contribution in [3.8, 4) is 0 Å². The largest absolute Gasteiger partial charge is 0.480 e. The van der Waals surface area contributed by atoms with Crippen LogP contribution in [0.15, 0.2) is 36.9 Å². The molecule has 112 valence electrons. The number of aliphatic carboxylic acids is 1. The topological polar surface area (TPSA) is 95.5 Å². The molecule has 0 saturated carbocycles. The lowest BCUT2D eigenvalue weighted by Gasteiger charge is -2.13. The maximum atomic E-state index is 11.8. The lowest BCUT2D eigenvalue weighted by molar-refractivity contribution is -0.141. The SMILES string of the molecule is C=CCC(NC(=O)CNC(=O)c1ccc(C)cc1)C(=O)O. The summed E-state index contributed by atoms with van der Waals surface area (Å²) in [5.74, 6) is -2.10. The van der Waals surface area contributed by atoms with E-state index in [9.17, 15) is 14.4 Å². The van der Waals surface area contributed by atoms with Crippen LogP contribution < -0.4 is 10.6 Å². The molecule has 6 nitrogen and oxygen atoms in total. The second-order valence-electron chi connectivity index (χ2n) is 4.53. The molecule has 0 heterocycles. The van der Waals surface area contributed by atoms with Crippen LogP contribution in [0.2, 0.25) is 0 Å². The van der Waals surface area contributed by atoms with Gasteiger partial charge in [-0.1, -0.05) is 23.8 Å². The number of carbonyl (C=O) groups is 3. The number of rotatable bonds is 7. The van der Waals surface area contributed by atoms with Gasteiger partial charge >= 0.3 is 5.97 Å². The Morgan fingerprint density at radius 1 is 1.29 bits per heavy atom. The summed E-state index contributed by atoms with van der Waals surface area (Å²) in [6.07, 6.45) is 1.52. The molecule has 0 spiro atoms. The summed E-state index contributed by atoms with van der Waals surface area (Å²) >= 11 is 0. The van der Waals surface area contributed by atoms with Crippen LogP contribution in [0.1, 0.15) is 22.3 Å². The number of amides is 2. The number of aryl methyl sites for hydroxylation is 1. The zero-order valence-electron chi connectivity index (χ0n) is 11.8. The average Bonchev–Trinajstić information content (AvgIpc) is 2.45. The highest BCUT2D eigenvalue weighted by Gasteiger charge is 2.18. The predicted octanol–water partition coefficient (Wildman–Crippen LogP) is 0.870. The summed E-state index contributed by atoms with van der Waals surface area (Å²) in [6, 6.07) is 5.85. The summed E-state index contributed by atoms with van der Waals surface area (Å²) in [7, 11) is 0. The van der Waals surface area contributed by atoms with Gasteiger partial charge in [0.15, 0.2) is 0 Å². The smallest absolute Gasteiger partial charge is 0.326 e. The number of nitrogens with one attached hydrogen (secondary N) is 2. The first-order chi connectivity index (χ1) is 9.93. The molecule has 1 aromatic rings. The summed E-state index contributed by atoms with van der Waals surface area (Å²) < 4.78 is 0. The Kier molecular flexibility index (Phi) is 6.13. The predicted molar refractivity (Wildman–Crippen MR) is 77.9 cm³/mol. The van der Waals surface area contributed by atoms with Crippen LogP contribution in [0.25, 0.3) is 0 Å². The quantitative estimate of drug-likeness (QED) is 0.649. The van der Waals surface area contributed by atoms with E-state index in [4.69, 9.17) is 5.11 Å². The molecular weight excluding hydrogens is 272 g/mol. The highest BCUT2D eigenvalue weighted by molar-refractivity contribution is 5.96. The second-order valence-corrected chi connectivity index (χ2v) is 4.53. The van der Waals surface area contributed by atoms with Gasteiger partial charge in [-0.25, -0.2) is 4.79 Å². The van der Waals surface area contributed by atoms with E-state index in [1.54, 1.807) is 24.3 Å². The Labute approximate surface area is 122 Å². The molecule has 0 saturated heterocycles. The Bertz CT molecular complexity index is 537. The Morgan fingerprint density at radius 2 is 1.90 bits per heavy atom. The minimum Gasteiger partial charge on any atom is -0.480 e. The van der Waals surface area contributed by atoms with E-state index in [2.05, 4.69) is 17.2 Å². The highest BCUT2D eigenvalue weighted by atomic mass is 16.4. The monoisotopic (exact) mass is 290 g/mol. The van der Waals surface area contributed by atoms with Gasteiger partial charge in [0.05, 0.1) is 6.54 Å². The van der Waals surface area contributed by atoms with E-state index < -0.39 is 17.9 Å². The fourth-order valence-electron chi connectivity index (χ4n) is 1.60. The van der Waals surface area contributed by atoms with Gasteiger partial charge in [0, 0.05) is 5.56 Å². The molecule has 0 aromatic heterocycles. The van der Waals surface area contributed by atoms with Crippen LogP contribution in [0, 0.1) is 6.92 Å². The van der Waals surface area contributed by atoms with Gasteiger partial charge in [0.25, 0.3) is 5.91 Å². The van der Waals surface area contributed by atoms with Crippen LogP contribution in [-0.2, 0) is 9.59 Å². The van der Waals surface area contributed by atoms with Gasteiger partial charge in [-0.05, 0) is 25.5 Å². The lowest BCUT2D eigenvalue weighted by Crippen LogP contribution is -2.45. The van der Waals surface area contributed by atoms with E-state index in [-0.39, 0.29) is 18.9 Å². The van der Waals surface area contributed by atoms with Crippen molar-refractivity contribution in [2.45, 2.75) is 19.4 Å². The number of carboxylic acid groups (broad SMARTS) is 1. The van der Waals surface area contributed by atoms with Crippen molar-refractivity contribution < 1.29 is 19.5 Å². The molecule has 3 N–H and O–H groups in total. The molecule has 2 amide bonds. The van der Waals surface area contributed by atoms with Gasteiger partial charge in [-0.15, -0.1) is 6.58 Å². The Balaban J connectivity index is 2.48. The third kappa shape index (κ3) is 5.48. The van der Waals surface area contributed by atoms with Crippen molar-refractivity contribution in [3.05, 3.63) is 48.0 Å². The van der Waals surface area contributed by atoms with Crippen molar-refractivity contribution in [2.24, 2.45) is 0 Å². The zero-order chi connectivity index (χ0) is 15.8. The molecule has 0 radical (unpaired) electrons. The molecule has 1 aromatic carbocycles. The van der Waals surface area contributed by atoms with E-state index in [1.165, 1.54) is 6.08 Å². The standard InChI is InChI=1S/C15H18N2O4/c1-3-4-12(15(20)21)17-13(18)9-16-14(19)11-7-5-10(2)6-8-11/h3,5-8,12H,1,4,9H2,2H3,(H,16,19)(H,17,18)(H,20,21). The van der Waals surface area contributed by atoms with Crippen LogP contribution in [0.5, 0.6) is 0 Å². The molecule has 1 atom stereocenters. The first-order valence-electron chi connectivity index (χ1n) is 6.42. The van der Waals surface area contributed by atoms with Crippen molar-refractivity contribution in [1.82, 2.24) is 10.6 Å². The van der Waals surface area contributed by atoms with Crippen molar-refractivity contribution in [3.63, 3.8) is 0 Å². The third-order valence-corrected chi connectivity index (χ3v) is 2.76. The Morgan fingerprint density at radius 3 is 2.43 bits per heavy atom. The summed E-state index contributed by atoms with van der Waals surface area (Å²) in [5, 5.41) is 13.6. The minimum absolute atomic E-state index is 0.118.